The number of carbonyl (C=O) groups is 3. The molecular formula is C22H21N3O5. The summed E-state index contributed by atoms with van der Waals surface area (Å²) in [7, 11) is 1.49. The SMILES string of the molecule is COc1cccc(N2C(=O)NC(=O)C(=Cc3ccc(N4CCOCC4)cc3)C2=O)c1. The monoisotopic (exact) mass is 407 g/mol. The normalized spacial score (nSPS) is 18.6. The number of ether oxygens (including phenoxy) is 2. The van der Waals surface area contributed by atoms with Crippen molar-refractivity contribution >= 4 is 35.3 Å². The first-order chi connectivity index (χ1) is 14.6. The third-order valence-corrected chi connectivity index (χ3v) is 4.99. The molecule has 0 atom stereocenters. The molecule has 0 aromatic heterocycles. The number of anilines is 2. The Morgan fingerprint density at radius 2 is 1.73 bits per heavy atom. The van der Waals surface area contributed by atoms with Gasteiger partial charge in [-0.05, 0) is 35.9 Å². The molecule has 1 N–H and O–H groups in total. The first-order valence-corrected chi connectivity index (χ1v) is 9.55. The Bertz CT molecular complexity index is 1010. The van der Waals surface area contributed by atoms with Gasteiger partial charge in [-0.2, -0.15) is 0 Å². The summed E-state index contributed by atoms with van der Waals surface area (Å²) >= 11 is 0. The van der Waals surface area contributed by atoms with Crippen LogP contribution in [0.1, 0.15) is 5.56 Å². The quantitative estimate of drug-likeness (QED) is 0.618. The molecule has 0 spiro atoms. The number of nitrogens with one attached hydrogen (secondary N) is 1. The fourth-order valence-corrected chi connectivity index (χ4v) is 3.41. The minimum absolute atomic E-state index is 0.114. The molecule has 2 aromatic carbocycles. The van der Waals surface area contributed by atoms with Crippen molar-refractivity contribution in [2.24, 2.45) is 0 Å². The first-order valence-electron chi connectivity index (χ1n) is 9.55. The zero-order valence-corrected chi connectivity index (χ0v) is 16.5. The Morgan fingerprint density at radius 1 is 1.00 bits per heavy atom. The molecule has 2 aliphatic rings. The lowest BCUT2D eigenvalue weighted by Gasteiger charge is -2.29. The van der Waals surface area contributed by atoms with Gasteiger partial charge in [0.1, 0.15) is 11.3 Å². The van der Waals surface area contributed by atoms with Gasteiger partial charge in [0.25, 0.3) is 11.8 Å². The predicted molar refractivity (Wildman–Crippen MR) is 111 cm³/mol. The Labute approximate surface area is 173 Å². The molecule has 2 heterocycles. The van der Waals surface area contributed by atoms with Gasteiger partial charge in [-0.1, -0.05) is 18.2 Å². The van der Waals surface area contributed by atoms with E-state index in [9.17, 15) is 14.4 Å². The van der Waals surface area contributed by atoms with Crippen LogP contribution >= 0.6 is 0 Å². The van der Waals surface area contributed by atoms with Crippen LogP contribution in [0.5, 0.6) is 5.75 Å². The largest absolute Gasteiger partial charge is 0.497 e. The molecule has 4 rings (SSSR count). The number of nitrogens with zero attached hydrogens (tertiary/aromatic N) is 2. The van der Waals surface area contributed by atoms with Crippen LogP contribution in [0.2, 0.25) is 0 Å². The van der Waals surface area contributed by atoms with Gasteiger partial charge in [0.2, 0.25) is 0 Å². The van der Waals surface area contributed by atoms with E-state index >= 15 is 0 Å². The fraction of sp³-hybridized carbons (Fsp3) is 0.227. The van der Waals surface area contributed by atoms with E-state index in [1.165, 1.54) is 13.2 Å². The Morgan fingerprint density at radius 3 is 2.43 bits per heavy atom. The highest BCUT2D eigenvalue weighted by Crippen LogP contribution is 2.26. The number of urea groups is 1. The Kier molecular flexibility index (Phi) is 5.49. The topological polar surface area (TPSA) is 88.2 Å². The molecule has 0 bridgehead atoms. The zero-order chi connectivity index (χ0) is 21.1. The molecule has 8 heteroatoms. The lowest BCUT2D eigenvalue weighted by molar-refractivity contribution is -0.122. The summed E-state index contributed by atoms with van der Waals surface area (Å²) in [5.41, 5.74) is 1.94. The van der Waals surface area contributed by atoms with E-state index in [4.69, 9.17) is 9.47 Å². The second-order valence-electron chi connectivity index (χ2n) is 6.85. The summed E-state index contributed by atoms with van der Waals surface area (Å²) < 4.78 is 10.5. The minimum Gasteiger partial charge on any atom is -0.497 e. The van der Waals surface area contributed by atoms with Gasteiger partial charge in [0.15, 0.2) is 0 Å². The van der Waals surface area contributed by atoms with E-state index in [-0.39, 0.29) is 5.57 Å². The summed E-state index contributed by atoms with van der Waals surface area (Å²) in [5, 5.41) is 2.23. The summed E-state index contributed by atoms with van der Waals surface area (Å²) in [6.07, 6.45) is 1.49. The summed E-state index contributed by atoms with van der Waals surface area (Å²) in [4.78, 5) is 40.8. The van der Waals surface area contributed by atoms with Crippen LogP contribution in [0.15, 0.2) is 54.1 Å². The number of carbonyl (C=O) groups excluding carboxylic acids is 3. The average molecular weight is 407 g/mol. The Balaban J connectivity index is 1.60. The Hall–Kier alpha value is -3.65. The van der Waals surface area contributed by atoms with Crippen LogP contribution in [-0.4, -0.2) is 51.3 Å². The predicted octanol–water partition coefficient (Wildman–Crippen LogP) is 2.20. The number of methoxy groups -OCH3 is 1. The summed E-state index contributed by atoms with van der Waals surface area (Å²) in [6.45, 7) is 3.01. The highest BCUT2D eigenvalue weighted by atomic mass is 16.5. The maximum absolute atomic E-state index is 13.0. The van der Waals surface area contributed by atoms with E-state index in [1.54, 1.807) is 24.3 Å². The van der Waals surface area contributed by atoms with Crippen molar-refractivity contribution in [3.63, 3.8) is 0 Å². The van der Waals surface area contributed by atoms with E-state index in [0.717, 1.165) is 23.7 Å². The van der Waals surface area contributed by atoms with Gasteiger partial charge < -0.3 is 14.4 Å². The first kappa shape index (κ1) is 19.7. The van der Waals surface area contributed by atoms with Crippen LogP contribution in [0.25, 0.3) is 6.08 Å². The summed E-state index contributed by atoms with van der Waals surface area (Å²) in [6, 6.07) is 13.3. The second-order valence-corrected chi connectivity index (χ2v) is 6.85. The third-order valence-electron chi connectivity index (χ3n) is 4.99. The molecule has 0 unspecified atom stereocenters. The second kappa shape index (κ2) is 8.38. The van der Waals surface area contributed by atoms with Crippen molar-refractivity contribution in [3.05, 3.63) is 59.7 Å². The third kappa shape index (κ3) is 3.90. The van der Waals surface area contributed by atoms with Crippen molar-refractivity contribution in [2.75, 3.05) is 43.2 Å². The van der Waals surface area contributed by atoms with Crippen LogP contribution in [-0.2, 0) is 14.3 Å². The number of imide groups is 2. The van der Waals surface area contributed by atoms with Crippen LogP contribution in [0.4, 0.5) is 16.2 Å². The molecule has 2 aromatic rings. The maximum atomic E-state index is 13.0. The van der Waals surface area contributed by atoms with Crippen molar-refractivity contribution in [1.82, 2.24) is 5.32 Å². The molecule has 2 saturated heterocycles. The number of morpholine rings is 1. The highest BCUT2D eigenvalue weighted by Gasteiger charge is 2.36. The number of hydrogen-bond donors (Lipinski definition) is 1. The van der Waals surface area contributed by atoms with Gasteiger partial charge in [0.05, 0.1) is 26.0 Å². The van der Waals surface area contributed by atoms with Crippen LogP contribution < -0.4 is 19.9 Å². The molecule has 0 aliphatic carbocycles. The van der Waals surface area contributed by atoms with Gasteiger partial charge in [-0.3, -0.25) is 14.9 Å². The van der Waals surface area contributed by atoms with E-state index in [1.807, 2.05) is 24.3 Å². The number of hydrogen-bond acceptors (Lipinski definition) is 6. The van der Waals surface area contributed by atoms with Crippen LogP contribution in [0, 0.1) is 0 Å². The van der Waals surface area contributed by atoms with Gasteiger partial charge in [-0.25, -0.2) is 9.69 Å². The van der Waals surface area contributed by atoms with Crippen molar-refractivity contribution < 1.29 is 23.9 Å². The minimum atomic E-state index is -0.793. The highest BCUT2D eigenvalue weighted by molar-refractivity contribution is 6.39. The molecule has 0 radical (unpaired) electrons. The van der Waals surface area contributed by atoms with Gasteiger partial charge in [-0.15, -0.1) is 0 Å². The molecule has 154 valence electrons. The number of rotatable bonds is 4. The average Bonchev–Trinajstić information content (AvgIpc) is 2.78. The molecule has 2 aliphatic heterocycles. The lowest BCUT2D eigenvalue weighted by Crippen LogP contribution is -2.54. The van der Waals surface area contributed by atoms with Gasteiger partial charge >= 0.3 is 6.03 Å². The number of benzene rings is 2. The smallest absolute Gasteiger partial charge is 0.335 e. The van der Waals surface area contributed by atoms with Crippen molar-refractivity contribution in [2.45, 2.75) is 0 Å². The molecule has 4 amide bonds. The molecule has 0 saturated carbocycles. The van der Waals surface area contributed by atoms with Crippen molar-refractivity contribution in [1.29, 1.82) is 0 Å². The van der Waals surface area contributed by atoms with E-state index in [2.05, 4.69) is 10.2 Å². The molecular weight excluding hydrogens is 386 g/mol. The molecule has 30 heavy (non-hydrogen) atoms. The summed E-state index contributed by atoms with van der Waals surface area (Å²) in [5.74, 6) is -0.912. The number of barbiturate groups is 1. The number of amides is 4. The standard InChI is InChI=1S/C22H21N3O5/c1-29-18-4-2-3-17(14-18)25-21(27)19(20(26)23-22(25)28)13-15-5-7-16(8-6-15)24-9-11-30-12-10-24/h2-8,13-14H,9-12H2,1H3,(H,23,26,28). The van der Waals surface area contributed by atoms with E-state index < -0.39 is 17.8 Å². The molecule has 8 nitrogen and oxygen atoms in total. The zero-order valence-electron chi connectivity index (χ0n) is 16.5. The van der Waals surface area contributed by atoms with Gasteiger partial charge in [0, 0.05) is 24.8 Å². The van der Waals surface area contributed by atoms with Crippen molar-refractivity contribution in [3.8, 4) is 5.75 Å². The van der Waals surface area contributed by atoms with Crippen LogP contribution in [0.3, 0.4) is 0 Å². The fourth-order valence-electron chi connectivity index (χ4n) is 3.41. The maximum Gasteiger partial charge on any atom is 0.335 e. The van der Waals surface area contributed by atoms with E-state index in [0.29, 0.717) is 30.2 Å². The molecule has 2 fully saturated rings. The lowest BCUT2D eigenvalue weighted by atomic mass is 10.1.